The zero-order chi connectivity index (χ0) is 20.8. The molecule has 3 rings (SSSR count). The minimum atomic E-state index is -1.15. The predicted molar refractivity (Wildman–Crippen MR) is 110 cm³/mol. The third-order valence-corrected chi connectivity index (χ3v) is 4.75. The van der Waals surface area contributed by atoms with Gasteiger partial charge >= 0.3 is 6.09 Å². The average molecular weight is 412 g/mol. The van der Waals surface area contributed by atoms with Gasteiger partial charge < -0.3 is 15.2 Å². The maximum Gasteiger partial charge on any atom is 0.405 e. The standard InChI is InChI=1S/C20H20N4O4S/c1-12-8-14(6-7-22-12)13-4-3-5-15(9-13)16-11-29-20(23-16)24-18(25)17(10-27-2)28-19(21)26/h3-9,11,17H,10H2,1-2H3,(H2,21,26)(H,23,24,25)/t17-/m0/s1. The SMILES string of the molecule is COC[C@H](OC(N)=O)C(=O)Nc1nc(-c2cccc(-c3ccnc(C)c3)c2)cs1. The Hall–Kier alpha value is -3.30. The Morgan fingerprint density at radius 3 is 2.69 bits per heavy atom. The highest BCUT2D eigenvalue weighted by Gasteiger charge is 2.23. The fraction of sp³-hybridized carbons (Fsp3) is 0.200. The highest BCUT2D eigenvalue weighted by atomic mass is 32.1. The molecular formula is C20H20N4O4S. The van der Waals surface area contributed by atoms with Gasteiger partial charge in [0.2, 0.25) is 6.10 Å². The van der Waals surface area contributed by atoms with E-state index in [2.05, 4.69) is 15.3 Å². The van der Waals surface area contributed by atoms with Crippen LogP contribution in [0.4, 0.5) is 9.93 Å². The van der Waals surface area contributed by atoms with Crippen LogP contribution in [0.25, 0.3) is 22.4 Å². The number of nitrogens with one attached hydrogen (secondary N) is 1. The number of benzene rings is 1. The quantitative estimate of drug-likeness (QED) is 0.615. The van der Waals surface area contributed by atoms with Gasteiger partial charge in [0.15, 0.2) is 5.13 Å². The summed E-state index contributed by atoms with van der Waals surface area (Å²) in [4.78, 5) is 31.9. The monoisotopic (exact) mass is 412 g/mol. The molecule has 0 aliphatic carbocycles. The van der Waals surface area contributed by atoms with E-state index < -0.39 is 18.1 Å². The van der Waals surface area contributed by atoms with E-state index in [-0.39, 0.29) is 6.61 Å². The molecule has 2 amide bonds. The van der Waals surface area contributed by atoms with Gasteiger partial charge in [-0.15, -0.1) is 11.3 Å². The molecule has 0 aliphatic rings. The fourth-order valence-corrected chi connectivity index (χ4v) is 3.41. The van der Waals surface area contributed by atoms with E-state index in [0.29, 0.717) is 5.13 Å². The molecule has 29 heavy (non-hydrogen) atoms. The van der Waals surface area contributed by atoms with Gasteiger partial charge in [0.25, 0.3) is 5.91 Å². The normalized spacial score (nSPS) is 11.7. The Kier molecular flexibility index (Phi) is 6.53. The van der Waals surface area contributed by atoms with Crippen LogP contribution in [0.1, 0.15) is 5.69 Å². The molecule has 0 bridgehead atoms. The summed E-state index contributed by atoms with van der Waals surface area (Å²) < 4.78 is 9.65. The van der Waals surface area contributed by atoms with Crippen LogP contribution in [-0.2, 0) is 14.3 Å². The molecule has 2 heterocycles. The van der Waals surface area contributed by atoms with Gasteiger partial charge in [0.1, 0.15) is 0 Å². The number of rotatable bonds is 7. The minimum Gasteiger partial charge on any atom is -0.434 e. The first-order chi connectivity index (χ1) is 14.0. The van der Waals surface area contributed by atoms with Crippen molar-refractivity contribution in [3.05, 3.63) is 53.7 Å². The van der Waals surface area contributed by atoms with Crippen molar-refractivity contribution >= 4 is 28.5 Å². The lowest BCUT2D eigenvalue weighted by Crippen LogP contribution is -2.37. The van der Waals surface area contributed by atoms with Crippen LogP contribution >= 0.6 is 11.3 Å². The number of amides is 2. The number of methoxy groups -OCH3 is 1. The van der Waals surface area contributed by atoms with Gasteiger partial charge in [-0.3, -0.25) is 15.1 Å². The molecule has 9 heteroatoms. The first kappa shape index (κ1) is 20.4. The summed E-state index contributed by atoms with van der Waals surface area (Å²) in [7, 11) is 1.39. The first-order valence-corrected chi connectivity index (χ1v) is 9.59. The summed E-state index contributed by atoms with van der Waals surface area (Å²) in [6.45, 7) is 1.84. The smallest absolute Gasteiger partial charge is 0.405 e. The van der Waals surface area contributed by atoms with Crippen LogP contribution in [0, 0.1) is 6.92 Å². The second-order valence-corrected chi connectivity index (χ2v) is 7.03. The first-order valence-electron chi connectivity index (χ1n) is 8.71. The molecule has 3 N–H and O–H groups in total. The summed E-state index contributed by atoms with van der Waals surface area (Å²) in [6.07, 6.45) is -0.424. The molecule has 0 unspecified atom stereocenters. The molecule has 0 saturated carbocycles. The van der Waals surface area contributed by atoms with Crippen molar-refractivity contribution in [2.24, 2.45) is 5.73 Å². The largest absolute Gasteiger partial charge is 0.434 e. The van der Waals surface area contributed by atoms with Gasteiger partial charge in [-0.1, -0.05) is 18.2 Å². The van der Waals surface area contributed by atoms with Crippen molar-refractivity contribution in [1.29, 1.82) is 0 Å². The van der Waals surface area contributed by atoms with E-state index in [4.69, 9.17) is 15.2 Å². The molecule has 0 aliphatic heterocycles. The maximum absolute atomic E-state index is 12.3. The maximum atomic E-state index is 12.3. The summed E-state index contributed by atoms with van der Waals surface area (Å²) >= 11 is 1.27. The number of pyridine rings is 1. The number of aromatic nitrogens is 2. The molecule has 1 aromatic carbocycles. The van der Waals surface area contributed by atoms with Crippen molar-refractivity contribution in [2.45, 2.75) is 13.0 Å². The second kappa shape index (κ2) is 9.26. The second-order valence-electron chi connectivity index (χ2n) is 6.17. The molecule has 0 fully saturated rings. The number of carbonyl (C=O) groups is 2. The van der Waals surface area contributed by atoms with Crippen molar-refractivity contribution < 1.29 is 19.1 Å². The van der Waals surface area contributed by atoms with Crippen LogP contribution in [0.3, 0.4) is 0 Å². The predicted octanol–water partition coefficient (Wildman–Crippen LogP) is 3.23. The van der Waals surface area contributed by atoms with Gasteiger partial charge in [-0.25, -0.2) is 9.78 Å². The Morgan fingerprint density at radius 1 is 1.21 bits per heavy atom. The number of carbonyl (C=O) groups excluding carboxylic acids is 2. The minimum absolute atomic E-state index is 0.111. The lowest BCUT2D eigenvalue weighted by Gasteiger charge is -2.14. The van der Waals surface area contributed by atoms with Crippen molar-refractivity contribution in [3.63, 3.8) is 0 Å². The lowest BCUT2D eigenvalue weighted by molar-refractivity contribution is -0.126. The fourth-order valence-electron chi connectivity index (χ4n) is 2.69. The highest BCUT2D eigenvalue weighted by Crippen LogP contribution is 2.29. The van der Waals surface area contributed by atoms with E-state index in [1.807, 2.05) is 48.7 Å². The molecular weight excluding hydrogens is 392 g/mol. The lowest BCUT2D eigenvalue weighted by atomic mass is 10.0. The zero-order valence-corrected chi connectivity index (χ0v) is 16.7. The zero-order valence-electron chi connectivity index (χ0n) is 15.9. The van der Waals surface area contributed by atoms with Crippen LogP contribution in [0.5, 0.6) is 0 Å². The van der Waals surface area contributed by atoms with E-state index >= 15 is 0 Å². The number of hydrogen-bond acceptors (Lipinski definition) is 7. The Labute approximate surface area is 171 Å². The number of thiazole rings is 1. The summed E-state index contributed by atoms with van der Waals surface area (Å²) in [6, 6.07) is 11.9. The Balaban J connectivity index is 1.77. The summed E-state index contributed by atoms with van der Waals surface area (Å²) in [5.74, 6) is -0.562. The van der Waals surface area contributed by atoms with E-state index in [0.717, 1.165) is 28.1 Å². The van der Waals surface area contributed by atoms with Crippen LogP contribution in [0.15, 0.2) is 48.0 Å². The third-order valence-electron chi connectivity index (χ3n) is 3.99. The van der Waals surface area contributed by atoms with Crippen LogP contribution < -0.4 is 11.1 Å². The van der Waals surface area contributed by atoms with E-state index in [9.17, 15) is 9.59 Å². The number of ether oxygens (including phenoxy) is 2. The summed E-state index contributed by atoms with van der Waals surface area (Å²) in [5.41, 5.74) is 9.67. The number of hydrogen-bond donors (Lipinski definition) is 2. The van der Waals surface area contributed by atoms with E-state index in [1.165, 1.54) is 18.4 Å². The molecule has 1 atom stereocenters. The molecule has 0 saturated heterocycles. The number of anilines is 1. The van der Waals surface area contributed by atoms with Gasteiger partial charge in [0.05, 0.1) is 12.3 Å². The molecule has 150 valence electrons. The number of nitrogens with zero attached hydrogens (tertiary/aromatic N) is 2. The summed E-state index contributed by atoms with van der Waals surface area (Å²) in [5, 5.41) is 4.84. The van der Waals surface area contributed by atoms with Crippen molar-refractivity contribution in [3.8, 4) is 22.4 Å². The number of primary amides is 1. The van der Waals surface area contributed by atoms with Crippen molar-refractivity contribution in [1.82, 2.24) is 9.97 Å². The number of aryl methyl sites for hydroxylation is 1. The third kappa shape index (κ3) is 5.37. The van der Waals surface area contributed by atoms with Crippen LogP contribution in [0.2, 0.25) is 0 Å². The highest BCUT2D eigenvalue weighted by molar-refractivity contribution is 7.14. The molecule has 3 aromatic rings. The molecule has 8 nitrogen and oxygen atoms in total. The van der Waals surface area contributed by atoms with Crippen LogP contribution in [-0.4, -0.2) is 41.8 Å². The molecule has 2 aromatic heterocycles. The topological polar surface area (TPSA) is 116 Å². The molecule has 0 spiro atoms. The van der Waals surface area contributed by atoms with Gasteiger partial charge in [0, 0.05) is 29.9 Å². The molecule has 0 radical (unpaired) electrons. The van der Waals surface area contributed by atoms with Gasteiger partial charge in [-0.05, 0) is 36.2 Å². The number of nitrogens with two attached hydrogens (primary N) is 1. The Bertz CT molecular complexity index is 1020. The average Bonchev–Trinajstić information content (AvgIpc) is 3.16. The van der Waals surface area contributed by atoms with Crippen molar-refractivity contribution in [2.75, 3.05) is 19.0 Å². The van der Waals surface area contributed by atoms with E-state index in [1.54, 1.807) is 6.20 Å². The Morgan fingerprint density at radius 2 is 1.97 bits per heavy atom. The van der Waals surface area contributed by atoms with Gasteiger partial charge in [-0.2, -0.15) is 0 Å².